The predicted molar refractivity (Wildman–Crippen MR) is 108 cm³/mol. The van der Waals surface area contributed by atoms with Crippen molar-refractivity contribution in [2.24, 2.45) is 5.73 Å². The first kappa shape index (κ1) is 22.0. The second kappa shape index (κ2) is 9.24. The maximum absolute atomic E-state index is 13.3. The molecule has 29 heavy (non-hydrogen) atoms. The number of rotatable bonds is 9. The molecule has 2 aromatic rings. The van der Waals surface area contributed by atoms with Crippen molar-refractivity contribution in [2.75, 3.05) is 18.0 Å². The van der Waals surface area contributed by atoms with E-state index in [1.165, 1.54) is 44.4 Å². The van der Waals surface area contributed by atoms with Crippen LogP contribution in [0.3, 0.4) is 0 Å². The van der Waals surface area contributed by atoms with E-state index >= 15 is 0 Å². The molecular weight excluding hydrogens is 396 g/mol. The number of sulfonamides is 1. The number of hydrogen-bond acceptors (Lipinski definition) is 6. The molecule has 2 N–H and O–H groups in total. The quantitative estimate of drug-likeness (QED) is 0.492. The maximum Gasteiger partial charge on any atom is 0.338 e. The first-order valence-electron chi connectivity index (χ1n) is 8.59. The number of primary amides is 1. The molecule has 0 bridgehead atoms. The van der Waals surface area contributed by atoms with Crippen LogP contribution in [0.5, 0.6) is 5.75 Å². The summed E-state index contributed by atoms with van der Waals surface area (Å²) in [5, 5.41) is 0. The lowest BCUT2D eigenvalue weighted by atomic mass is 10.2. The van der Waals surface area contributed by atoms with Gasteiger partial charge in [-0.2, -0.15) is 0 Å². The molecule has 0 unspecified atom stereocenters. The Morgan fingerprint density at radius 1 is 1.21 bits per heavy atom. The van der Waals surface area contributed by atoms with Crippen molar-refractivity contribution in [1.82, 2.24) is 0 Å². The maximum atomic E-state index is 13.3. The number of hydrogen-bond donors (Lipinski definition) is 1. The summed E-state index contributed by atoms with van der Waals surface area (Å²) < 4.78 is 37.9. The third kappa shape index (κ3) is 4.94. The van der Waals surface area contributed by atoms with Gasteiger partial charge in [0, 0.05) is 0 Å². The summed E-state index contributed by atoms with van der Waals surface area (Å²) in [5.41, 5.74) is 5.38. The van der Waals surface area contributed by atoms with Gasteiger partial charge >= 0.3 is 5.97 Å². The van der Waals surface area contributed by atoms with E-state index in [1.807, 2.05) is 0 Å². The van der Waals surface area contributed by atoms with E-state index in [4.69, 9.17) is 15.2 Å². The van der Waals surface area contributed by atoms with Crippen molar-refractivity contribution in [3.05, 3.63) is 66.7 Å². The van der Waals surface area contributed by atoms with E-state index < -0.39 is 28.0 Å². The summed E-state index contributed by atoms with van der Waals surface area (Å²) >= 11 is 0. The van der Waals surface area contributed by atoms with Crippen LogP contribution in [0.4, 0.5) is 5.69 Å². The molecule has 0 heterocycles. The third-order valence-corrected chi connectivity index (χ3v) is 5.77. The van der Waals surface area contributed by atoms with Gasteiger partial charge in [-0.25, -0.2) is 13.2 Å². The number of para-hydroxylation sites is 2. The Hall–Kier alpha value is -3.33. The van der Waals surface area contributed by atoms with Crippen LogP contribution >= 0.6 is 0 Å². The Labute approximate surface area is 169 Å². The Balaban J connectivity index is 2.46. The van der Waals surface area contributed by atoms with Crippen LogP contribution in [0, 0.1) is 0 Å². The summed E-state index contributed by atoms with van der Waals surface area (Å²) in [4.78, 5) is 23.2. The molecule has 0 radical (unpaired) electrons. The molecule has 9 heteroatoms. The number of nitrogens with two attached hydrogens (primary N) is 1. The molecule has 0 spiro atoms. The zero-order chi connectivity index (χ0) is 21.6. The van der Waals surface area contributed by atoms with Crippen LogP contribution in [0.1, 0.15) is 17.3 Å². The molecule has 0 aliphatic carbocycles. The lowest BCUT2D eigenvalue weighted by Gasteiger charge is -2.25. The van der Waals surface area contributed by atoms with Crippen molar-refractivity contribution in [3.8, 4) is 5.75 Å². The fourth-order valence-electron chi connectivity index (χ4n) is 2.48. The van der Waals surface area contributed by atoms with E-state index in [9.17, 15) is 18.0 Å². The Bertz CT molecular complexity index is 1020. The van der Waals surface area contributed by atoms with Crippen LogP contribution in [-0.2, 0) is 19.6 Å². The zero-order valence-electron chi connectivity index (χ0n) is 16.1. The van der Waals surface area contributed by atoms with Crippen LogP contribution in [0.25, 0.3) is 0 Å². The number of anilines is 1. The van der Waals surface area contributed by atoms with Gasteiger partial charge in [0.25, 0.3) is 15.9 Å². The van der Waals surface area contributed by atoms with Gasteiger partial charge in [0.15, 0.2) is 6.10 Å². The molecule has 2 aromatic carbocycles. The van der Waals surface area contributed by atoms with E-state index in [2.05, 4.69) is 6.58 Å². The lowest BCUT2D eigenvalue weighted by Crippen LogP contribution is -2.32. The number of benzene rings is 2. The fourth-order valence-corrected chi connectivity index (χ4v) is 3.97. The van der Waals surface area contributed by atoms with E-state index in [1.54, 1.807) is 24.3 Å². The van der Waals surface area contributed by atoms with Crippen LogP contribution in [0.15, 0.2) is 66.1 Å². The monoisotopic (exact) mass is 418 g/mol. The minimum Gasteiger partial charge on any atom is -0.495 e. The zero-order valence-corrected chi connectivity index (χ0v) is 16.9. The van der Waals surface area contributed by atoms with Gasteiger partial charge in [-0.3, -0.25) is 9.10 Å². The van der Waals surface area contributed by atoms with Gasteiger partial charge in [0.2, 0.25) is 0 Å². The highest BCUT2D eigenvalue weighted by Gasteiger charge is 2.27. The molecule has 0 saturated heterocycles. The molecule has 0 saturated carbocycles. The fraction of sp³-hybridized carbons (Fsp3) is 0.200. The molecule has 0 fully saturated rings. The molecule has 0 aliphatic rings. The molecule has 1 atom stereocenters. The first-order chi connectivity index (χ1) is 13.7. The second-order valence-corrected chi connectivity index (χ2v) is 7.84. The Morgan fingerprint density at radius 3 is 2.52 bits per heavy atom. The molecular formula is C20H22N2O6S. The van der Waals surface area contributed by atoms with Crippen LogP contribution < -0.4 is 14.8 Å². The van der Waals surface area contributed by atoms with Gasteiger partial charge in [-0.15, -0.1) is 6.58 Å². The molecule has 154 valence electrons. The van der Waals surface area contributed by atoms with Gasteiger partial charge in [-0.1, -0.05) is 24.3 Å². The first-order valence-corrected chi connectivity index (χ1v) is 10.0. The van der Waals surface area contributed by atoms with Crippen molar-refractivity contribution in [1.29, 1.82) is 0 Å². The Morgan fingerprint density at radius 2 is 1.90 bits per heavy atom. The molecule has 2 rings (SSSR count). The average Bonchev–Trinajstić information content (AvgIpc) is 2.71. The number of ether oxygens (including phenoxy) is 2. The number of esters is 1. The van der Waals surface area contributed by atoms with E-state index in [0.29, 0.717) is 11.4 Å². The molecule has 0 aliphatic heterocycles. The van der Waals surface area contributed by atoms with Crippen molar-refractivity contribution >= 4 is 27.6 Å². The van der Waals surface area contributed by atoms with Crippen LogP contribution in [0.2, 0.25) is 0 Å². The molecule has 0 aromatic heterocycles. The topological polar surface area (TPSA) is 116 Å². The second-order valence-electron chi connectivity index (χ2n) is 5.97. The predicted octanol–water partition coefficient (Wildman–Crippen LogP) is 2.11. The Kier molecular flexibility index (Phi) is 7.00. The van der Waals surface area contributed by atoms with Crippen molar-refractivity contribution < 1.29 is 27.5 Å². The minimum absolute atomic E-state index is 0.0178. The van der Waals surface area contributed by atoms with Crippen molar-refractivity contribution in [2.45, 2.75) is 17.9 Å². The standard InChI is InChI=1S/C20H22N2O6S/c1-4-12-22(17-10-5-6-11-18(17)27-3)29(25,26)16-9-7-8-15(13-16)20(24)28-14(2)19(21)23/h4-11,13-14H,1,12H2,2-3H3,(H2,21,23)/t14-/m1/s1. The van der Waals surface area contributed by atoms with Crippen LogP contribution in [-0.4, -0.2) is 40.1 Å². The van der Waals surface area contributed by atoms with Gasteiger partial charge in [0.1, 0.15) is 5.75 Å². The minimum atomic E-state index is -4.07. The summed E-state index contributed by atoms with van der Waals surface area (Å²) in [6, 6.07) is 12.0. The van der Waals surface area contributed by atoms with Crippen molar-refractivity contribution in [3.63, 3.8) is 0 Å². The lowest BCUT2D eigenvalue weighted by molar-refractivity contribution is -0.125. The SMILES string of the molecule is C=CCN(c1ccccc1OC)S(=O)(=O)c1cccc(C(=O)O[C@H](C)C(N)=O)c1. The number of carbonyl (C=O) groups is 2. The summed E-state index contributed by atoms with van der Waals surface area (Å²) in [7, 11) is -2.63. The van der Waals surface area contributed by atoms with Gasteiger partial charge < -0.3 is 15.2 Å². The molecule has 8 nitrogen and oxygen atoms in total. The normalized spacial score (nSPS) is 11.9. The number of carbonyl (C=O) groups excluding carboxylic acids is 2. The van der Waals surface area contributed by atoms with E-state index in [0.717, 1.165) is 4.31 Å². The highest BCUT2D eigenvalue weighted by atomic mass is 32.2. The third-order valence-electron chi connectivity index (χ3n) is 3.99. The smallest absolute Gasteiger partial charge is 0.338 e. The number of nitrogens with zero attached hydrogens (tertiary/aromatic N) is 1. The van der Waals surface area contributed by atoms with E-state index in [-0.39, 0.29) is 17.0 Å². The highest BCUT2D eigenvalue weighted by Crippen LogP contribution is 2.32. The largest absolute Gasteiger partial charge is 0.495 e. The van der Waals surface area contributed by atoms with Gasteiger partial charge in [-0.05, 0) is 37.3 Å². The van der Waals surface area contributed by atoms with Gasteiger partial charge in [0.05, 0.1) is 29.8 Å². The molecule has 1 amide bonds. The number of amides is 1. The number of methoxy groups -OCH3 is 1. The average molecular weight is 418 g/mol. The highest BCUT2D eigenvalue weighted by molar-refractivity contribution is 7.92. The summed E-state index contributed by atoms with van der Waals surface area (Å²) in [6.07, 6.45) is 0.296. The summed E-state index contributed by atoms with van der Waals surface area (Å²) in [5.74, 6) is -1.31. The summed E-state index contributed by atoms with van der Waals surface area (Å²) in [6.45, 7) is 4.93.